The van der Waals surface area contributed by atoms with E-state index in [1.54, 1.807) is 10.6 Å². The first-order chi connectivity index (χ1) is 28.1. The third-order valence-corrected chi connectivity index (χ3v) is 10.1. The van der Waals surface area contributed by atoms with Crippen LogP contribution in [-0.4, -0.2) is 37.2 Å². The van der Waals surface area contributed by atoms with Crippen LogP contribution in [0.25, 0.3) is 72.1 Å². The molecule has 0 radical (unpaired) electrons. The third kappa shape index (κ3) is 6.11. The molecule has 0 fully saturated rings. The molecule has 0 unspecified atom stereocenters. The summed E-state index contributed by atoms with van der Waals surface area (Å²) in [4.78, 5) is 38.7. The molecule has 0 spiro atoms. The quantitative estimate of drug-likeness (QED) is 0.104. The van der Waals surface area contributed by atoms with Crippen LogP contribution in [0, 0.1) is 5.41 Å². The van der Waals surface area contributed by atoms with Crippen LogP contribution < -0.4 is 5.56 Å². The van der Waals surface area contributed by atoms with Crippen molar-refractivity contribution in [1.29, 1.82) is 5.41 Å². The molecular formula is C49H31N7O. The van der Waals surface area contributed by atoms with Crippen LogP contribution in [0.3, 0.4) is 0 Å². The highest BCUT2D eigenvalue weighted by molar-refractivity contribution is 6.23. The molecule has 0 atom stereocenters. The zero-order valence-electron chi connectivity index (χ0n) is 30.4. The monoisotopic (exact) mass is 733 g/mol. The summed E-state index contributed by atoms with van der Waals surface area (Å²) in [6, 6.07) is 56.8. The van der Waals surface area contributed by atoms with Crippen LogP contribution in [-0.2, 0) is 0 Å². The normalized spacial score (nSPS) is 12.0. The number of hydrogen-bond acceptors (Lipinski definition) is 5. The summed E-state index contributed by atoms with van der Waals surface area (Å²) in [6.45, 7) is 0. The Balaban J connectivity index is 1.19. The number of hydrogen-bond donors (Lipinski definition) is 1. The summed E-state index contributed by atoms with van der Waals surface area (Å²) >= 11 is 0. The summed E-state index contributed by atoms with van der Waals surface area (Å²) in [5.41, 5.74) is 6.25. The molecule has 0 aliphatic rings. The fourth-order valence-corrected chi connectivity index (χ4v) is 7.40. The van der Waals surface area contributed by atoms with Crippen LogP contribution in [0.4, 0.5) is 0 Å². The van der Waals surface area contributed by atoms with E-state index >= 15 is 0 Å². The van der Waals surface area contributed by atoms with E-state index in [0.717, 1.165) is 60.4 Å². The Hall–Kier alpha value is -7.97. The molecule has 3 aromatic heterocycles. The van der Waals surface area contributed by atoms with E-state index in [2.05, 4.69) is 0 Å². The number of pyridine rings is 1. The van der Waals surface area contributed by atoms with Crippen LogP contribution in [0.5, 0.6) is 0 Å². The lowest BCUT2D eigenvalue weighted by atomic mass is 10.0. The molecule has 10 rings (SSSR count). The van der Waals surface area contributed by atoms with E-state index in [1.165, 1.54) is 0 Å². The van der Waals surface area contributed by atoms with Crippen molar-refractivity contribution in [2.75, 3.05) is 0 Å². The number of aliphatic imine (C=N–C) groups is 2. The van der Waals surface area contributed by atoms with Crippen LogP contribution in [0.2, 0.25) is 0 Å². The number of nitrogens with zero attached hydrogens (tertiary/aromatic N) is 6. The Morgan fingerprint density at radius 2 is 1.04 bits per heavy atom. The molecule has 7 aromatic carbocycles. The van der Waals surface area contributed by atoms with E-state index in [-0.39, 0.29) is 11.4 Å². The summed E-state index contributed by atoms with van der Waals surface area (Å²) in [5.74, 6) is 2.08. The van der Waals surface area contributed by atoms with Gasteiger partial charge in [0.25, 0.3) is 5.56 Å². The maximum Gasteiger partial charge on any atom is 0.263 e. The van der Waals surface area contributed by atoms with Gasteiger partial charge in [0.05, 0.1) is 11.0 Å². The van der Waals surface area contributed by atoms with Gasteiger partial charge in [0.2, 0.25) is 0 Å². The Labute approximate surface area is 326 Å². The number of amidine groups is 2. The van der Waals surface area contributed by atoms with Gasteiger partial charge in [0.15, 0.2) is 29.1 Å². The summed E-state index contributed by atoms with van der Waals surface area (Å²) in [5, 5.41) is 13.3. The lowest BCUT2D eigenvalue weighted by Crippen LogP contribution is -2.13. The molecule has 0 saturated heterocycles. The summed E-state index contributed by atoms with van der Waals surface area (Å²) < 4.78 is 1.79. The van der Waals surface area contributed by atoms with E-state index in [0.29, 0.717) is 34.3 Å². The predicted octanol–water partition coefficient (Wildman–Crippen LogP) is 10.3. The SMILES string of the molecule is N=C(N=C(N=Cc1ccccc1)c1ccccc1)c1cc2c3ccccc3c(=O)n3c4ccc(-c5nc(-c6ccccc6)nc(-c6ccccc6)n5)cc4c(c1)c23. The minimum absolute atomic E-state index is 0.0427. The first kappa shape index (κ1) is 33.6. The molecule has 10 aromatic rings. The standard InChI is InChI=1S/C49H31N7O/c50-44(52-45(32-17-7-2-8-18-32)51-30-31-15-5-1-6-16-31)36-28-40-37-23-13-14-24-38(37)49(57)56-42-26-25-35(27-39(42)41(29-36)43(40)56)48-54-46(33-19-9-3-10-20-33)53-47(55-48)34-21-11-4-12-22-34/h1-30,50H. The van der Waals surface area contributed by atoms with Crippen molar-refractivity contribution in [3.05, 3.63) is 203 Å². The highest BCUT2D eigenvalue weighted by atomic mass is 16.1. The highest BCUT2D eigenvalue weighted by Crippen LogP contribution is 2.37. The van der Waals surface area contributed by atoms with Crippen LogP contribution >= 0.6 is 0 Å². The van der Waals surface area contributed by atoms with E-state index < -0.39 is 0 Å². The van der Waals surface area contributed by atoms with E-state index in [1.807, 2.05) is 176 Å². The Kier molecular flexibility index (Phi) is 8.26. The van der Waals surface area contributed by atoms with Crippen molar-refractivity contribution < 1.29 is 0 Å². The van der Waals surface area contributed by atoms with Gasteiger partial charge in [-0.05, 0) is 47.3 Å². The van der Waals surface area contributed by atoms with Gasteiger partial charge in [0, 0.05) is 55.6 Å². The molecule has 0 saturated carbocycles. The van der Waals surface area contributed by atoms with Crippen molar-refractivity contribution >= 4 is 55.9 Å². The molecule has 8 heteroatoms. The van der Waals surface area contributed by atoms with Crippen LogP contribution in [0.1, 0.15) is 16.7 Å². The summed E-state index contributed by atoms with van der Waals surface area (Å²) in [6.07, 6.45) is 1.76. The van der Waals surface area contributed by atoms with Gasteiger partial charge in [-0.1, -0.05) is 140 Å². The van der Waals surface area contributed by atoms with Crippen molar-refractivity contribution in [3.8, 4) is 34.2 Å². The van der Waals surface area contributed by atoms with Crippen molar-refractivity contribution in [2.24, 2.45) is 9.98 Å². The van der Waals surface area contributed by atoms with E-state index in [4.69, 9.17) is 24.9 Å². The van der Waals surface area contributed by atoms with Gasteiger partial charge in [-0.2, -0.15) is 0 Å². The van der Waals surface area contributed by atoms with Crippen molar-refractivity contribution in [2.45, 2.75) is 0 Å². The number of aromatic nitrogens is 4. The Morgan fingerprint density at radius 1 is 0.509 bits per heavy atom. The molecule has 1 N–H and O–H groups in total. The molecule has 57 heavy (non-hydrogen) atoms. The predicted molar refractivity (Wildman–Crippen MR) is 231 cm³/mol. The molecule has 0 aliphatic heterocycles. The Morgan fingerprint density at radius 3 is 1.67 bits per heavy atom. The lowest BCUT2D eigenvalue weighted by molar-refractivity contribution is 1.07. The average Bonchev–Trinajstić information content (AvgIpc) is 3.62. The minimum Gasteiger partial charge on any atom is -0.282 e. The van der Waals surface area contributed by atoms with Crippen LogP contribution in [0.15, 0.2) is 191 Å². The molecule has 0 amide bonds. The first-order valence-electron chi connectivity index (χ1n) is 18.5. The maximum atomic E-state index is 14.3. The second-order valence-electron chi connectivity index (χ2n) is 13.7. The third-order valence-electron chi connectivity index (χ3n) is 10.1. The van der Waals surface area contributed by atoms with Gasteiger partial charge in [-0.15, -0.1) is 0 Å². The van der Waals surface area contributed by atoms with Gasteiger partial charge >= 0.3 is 0 Å². The minimum atomic E-state index is -0.105. The number of benzene rings is 7. The molecule has 8 nitrogen and oxygen atoms in total. The smallest absolute Gasteiger partial charge is 0.263 e. The van der Waals surface area contributed by atoms with Gasteiger partial charge < -0.3 is 0 Å². The second kappa shape index (κ2) is 14.0. The molecule has 0 bridgehead atoms. The first-order valence-corrected chi connectivity index (χ1v) is 18.5. The number of fused-ring (bicyclic) bond motifs is 5. The second-order valence-corrected chi connectivity index (χ2v) is 13.7. The largest absolute Gasteiger partial charge is 0.282 e. The topological polar surface area (TPSA) is 109 Å². The zero-order chi connectivity index (χ0) is 38.3. The number of nitrogens with one attached hydrogen (secondary N) is 1. The Bertz CT molecular complexity index is 3190. The molecule has 0 aliphatic carbocycles. The molecular weight excluding hydrogens is 703 g/mol. The fourth-order valence-electron chi connectivity index (χ4n) is 7.40. The highest BCUT2D eigenvalue weighted by Gasteiger charge is 2.21. The van der Waals surface area contributed by atoms with Crippen molar-refractivity contribution in [3.63, 3.8) is 0 Å². The fraction of sp³-hybridized carbons (Fsp3) is 0. The van der Waals surface area contributed by atoms with E-state index in [9.17, 15) is 10.2 Å². The number of rotatable bonds is 6. The maximum absolute atomic E-state index is 14.3. The zero-order valence-corrected chi connectivity index (χ0v) is 30.4. The van der Waals surface area contributed by atoms with Crippen molar-refractivity contribution in [1.82, 2.24) is 19.4 Å². The molecule has 3 heterocycles. The van der Waals surface area contributed by atoms with Gasteiger partial charge in [0.1, 0.15) is 0 Å². The lowest BCUT2D eigenvalue weighted by Gasteiger charge is -2.09. The summed E-state index contributed by atoms with van der Waals surface area (Å²) in [7, 11) is 0. The molecule has 268 valence electrons. The van der Waals surface area contributed by atoms with Gasteiger partial charge in [-0.3, -0.25) is 14.6 Å². The average molecular weight is 734 g/mol. The van der Waals surface area contributed by atoms with Gasteiger partial charge in [-0.25, -0.2) is 24.9 Å².